The standard InChI is InChI=1S/C14H20N4O/c1-2-12-7-11(1)9-18(12)14-8-13(15-10-16-14)17-3-5-19-6-4-17/h8,10-12H,1-7,9H2. The van der Waals surface area contributed by atoms with Crippen molar-refractivity contribution in [2.75, 3.05) is 42.6 Å². The second-order valence-electron chi connectivity index (χ2n) is 5.82. The van der Waals surface area contributed by atoms with Crippen LogP contribution in [-0.2, 0) is 4.74 Å². The van der Waals surface area contributed by atoms with Crippen LogP contribution in [0, 0.1) is 5.92 Å². The summed E-state index contributed by atoms with van der Waals surface area (Å²) in [7, 11) is 0. The fourth-order valence-electron chi connectivity index (χ4n) is 3.66. The van der Waals surface area contributed by atoms with Gasteiger partial charge in [0.1, 0.15) is 18.0 Å². The zero-order valence-corrected chi connectivity index (χ0v) is 11.2. The lowest BCUT2D eigenvalue weighted by molar-refractivity contribution is 0.122. The molecule has 2 bridgehead atoms. The number of aromatic nitrogens is 2. The molecule has 1 aliphatic carbocycles. The first-order valence-electron chi connectivity index (χ1n) is 7.31. The van der Waals surface area contributed by atoms with E-state index < -0.39 is 0 Å². The van der Waals surface area contributed by atoms with Crippen LogP contribution in [0.5, 0.6) is 0 Å². The molecule has 5 nitrogen and oxygen atoms in total. The second kappa shape index (κ2) is 4.63. The van der Waals surface area contributed by atoms with Crippen LogP contribution in [0.15, 0.2) is 12.4 Å². The van der Waals surface area contributed by atoms with Gasteiger partial charge in [-0.05, 0) is 25.2 Å². The lowest BCUT2D eigenvalue weighted by Gasteiger charge is -2.31. The van der Waals surface area contributed by atoms with Crippen molar-refractivity contribution in [2.24, 2.45) is 5.92 Å². The zero-order chi connectivity index (χ0) is 12.7. The molecule has 1 aromatic rings. The number of hydrogen-bond donors (Lipinski definition) is 0. The molecule has 3 heterocycles. The number of fused-ring (bicyclic) bond motifs is 2. The molecule has 0 aromatic carbocycles. The molecule has 4 rings (SSSR count). The molecular weight excluding hydrogens is 240 g/mol. The molecule has 0 radical (unpaired) electrons. The first-order valence-corrected chi connectivity index (χ1v) is 7.31. The Balaban J connectivity index is 1.56. The van der Waals surface area contributed by atoms with Crippen molar-refractivity contribution in [3.05, 3.63) is 12.4 Å². The van der Waals surface area contributed by atoms with Gasteiger partial charge in [0.2, 0.25) is 0 Å². The molecule has 0 spiro atoms. The van der Waals surface area contributed by atoms with E-state index in [2.05, 4.69) is 25.8 Å². The molecule has 19 heavy (non-hydrogen) atoms. The Kier molecular flexibility index (Phi) is 2.80. The number of piperidine rings is 1. The van der Waals surface area contributed by atoms with Crippen LogP contribution in [0.1, 0.15) is 19.3 Å². The van der Waals surface area contributed by atoms with Gasteiger partial charge in [-0.1, -0.05) is 0 Å². The summed E-state index contributed by atoms with van der Waals surface area (Å²) >= 11 is 0. The third-order valence-electron chi connectivity index (χ3n) is 4.68. The molecule has 2 atom stereocenters. The average Bonchev–Trinajstić information content (AvgIpc) is 3.11. The van der Waals surface area contributed by atoms with Gasteiger partial charge in [0, 0.05) is 31.7 Å². The number of rotatable bonds is 2. The largest absolute Gasteiger partial charge is 0.378 e. The van der Waals surface area contributed by atoms with E-state index >= 15 is 0 Å². The van der Waals surface area contributed by atoms with Gasteiger partial charge in [-0.15, -0.1) is 0 Å². The monoisotopic (exact) mass is 260 g/mol. The van der Waals surface area contributed by atoms with Crippen molar-refractivity contribution >= 4 is 11.6 Å². The third-order valence-corrected chi connectivity index (χ3v) is 4.68. The summed E-state index contributed by atoms with van der Waals surface area (Å²) in [4.78, 5) is 13.7. The molecular formula is C14H20N4O. The van der Waals surface area contributed by atoms with Gasteiger partial charge in [0.05, 0.1) is 13.2 Å². The van der Waals surface area contributed by atoms with Crippen molar-refractivity contribution < 1.29 is 4.74 Å². The van der Waals surface area contributed by atoms with E-state index in [1.165, 1.54) is 25.8 Å². The Morgan fingerprint density at radius 3 is 2.68 bits per heavy atom. The smallest absolute Gasteiger partial charge is 0.134 e. The van der Waals surface area contributed by atoms with Crippen LogP contribution < -0.4 is 9.80 Å². The van der Waals surface area contributed by atoms with Gasteiger partial charge in [-0.3, -0.25) is 0 Å². The van der Waals surface area contributed by atoms with Crippen molar-refractivity contribution in [2.45, 2.75) is 25.3 Å². The second-order valence-corrected chi connectivity index (χ2v) is 5.82. The Morgan fingerprint density at radius 1 is 1.11 bits per heavy atom. The molecule has 2 saturated heterocycles. The summed E-state index contributed by atoms with van der Waals surface area (Å²) in [5.74, 6) is 3.06. The average molecular weight is 260 g/mol. The Labute approximate surface area is 113 Å². The Hall–Kier alpha value is -1.36. The molecule has 0 N–H and O–H groups in total. The number of nitrogens with zero attached hydrogens (tertiary/aromatic N) is 4. The summed E-state index contributed by atoms with van der Waals surface area (Å²) in [6.45, 7) is 4.65. The summed E-state index contributed by atoms with van der Waals surface area (Å²) in [5, 5.41) is 0. The highest BCUT2D eigenvalue weighted by Gasteiger charge is 2.38. The fourth-order valence-corrected chi connectivity index (χ4v) is 3.66. The van der Waals surface area contributed by atoms with E-state index in [0.29, 0.717) is 0 Å². The first kappa shape index (κ1) is 11.5. The number of ether oxygens (including phenoxy) is 1. The molecule has 3 aliphatic rings. The molecule has 1 saturated carbocycles. The minimum Gasteiger partial charge on any atom is -0.378 e. The molecule has 2 unspecified atom stereocenters. The SMILES string of the molecule is c1nc(N2CCOCC2)cc(N2CC3CCC2C3)n1. The predicted octanol–water partition coefficient (Wildman–Crippen LogP) is 1.30. The molecule has 5 heteroatoms. The van der Waals surface area contributed by atoms with E-state index in [0.717, 1.165) is 49.9 Å². The maximum atomic E-state index is 5.40. The van der Waals surface area contributed by atoms with E-state index in [4.69, 9.17) is 4.74 Å². The highest BCUT2D eigenvalue weighted by molar-refractivity contribution is 5.52. The predicted molar refractivity (Wildman–Crippen MR) is 73.5 cm³/mol. The van der Waals surface area contributed by atoms with E-state index in [-0.39, 0.29) is 0 Å². The molecule has 0 amide bonds. The van der Waals surface area contributed by atoms with Crippen LogP contribution in [0.3, 0.4) is 0 Å². The molecule has 102 valence electrons. The lowest BCUT2D eigenvalue weighted by Crippen LogP contribution is -2.37. The van der Waals surface area contributed by atoms with Gasteiger partial charge in [-0.2, -0.15) is 0 Å². The number of morpholine rings is 1. The third kappa shape index (κ3) is 2.06. The van der Waals surface area contributed by atoms with Gasteiger partial charge >= 0.3 is 0 Å². The molecule has 1 aromatic heterocycles. The number of hydrogen-bond acceptors (Lipinski definition) is 5. The fraction of sp³-hybridized carbons (Fsp3) is 0.714. The minimum absolute atomic E-state index is 0.720. The van der Waals surface area contributed by atoms with Gasteiger partial charge < -0.3 is 14.5 Å². The zero-order valence-electron chi connectivity index (χ0n) is 11.2. The van der Waals surface area contributed by atoms with Crippen molar-refractivity contribution in [1.29, 1.82) is 0 Å². The maximum Gasteiger partial charge on any atom is 0.134 e. The highest BCUT2D eigenvalue weighted by Crippen LogP contribution is 2.39. The van der Waals surface area contributed by atoms with Gasteiger partial charge in [-0.25, -0.2) is 9.97 Å². The van der Waals surface area contributed by atoms with Gasteiger partial charge in [0.15, 0.2) is 0 Å². The van der Waals surface area contributed by atoms with Crippen molar-refractivity contribution in [3.63, 3.8) is 0 Å². The summed E-state index contributed by atoms with van der Waals surface area (Å²) in [5.41, 5.74) is 0. The lowest BCUT2D eigenvalue weighted by atomic mass is 10.1. The topological polar surface area (TPSA) is 41.5 Å². The van der Waals surface area contributed by atoms with Crippen LogP contribution in [-0.4, -0.2) is 48.9 Å². The van der Waals surface area contributed by atoms with Crippen LogP contribution in [0.4, 0.5) is 11.6 Å². The summed E-state index contributed by atoms with van der Waals surface area (Å²) in [6.07, 6.45) is 5.81. The number of anilines is 2. The van der Waals surface area contributed by atoms with Gasteiger partial charge in [0.25, 0.3) is 0 Å². The Morgan fingerprint density at radius 2 is 1.95 bits per heavy atom. The van der Waals surface area contributed by atoms with Crippen molar-refractivity contribution in [1.82, 2.24) is 9.97 Å². The first-order chi connectivity index (χ1) is 9.40. The van der Waals surface area contributed by atoms with E-state index in [1.54, 1.807) is 6.33 Å². The van der Waals surface area contributed by atoms with Crippen LogP contribution >= 0.6 is 0 Å². The highest BCUT2D eigenvalue weighted by atomic mass is 16.5. The molecule has 2 aliphatic heterocycles. The maximum absolute atomic E-state index is 5.40. The van der Waals surface area contributed by atoms with E-state index in [9.17, 15) is 0 Å². The van der Waals surface area contributed by atoms with E-state index in [1.807, 2.05) is 0 Å². The van der Waals surface area contributed by atoms with Crippen molar-refractivity contribution in [3.8, 4) is 0 Å². The molecule has 3 fully saturated rings. The van der Waals surface area contributed by atoms with Crippen LogP contribution in [0.25, 0.3) is 0 Å². The van der Waals surface area contributed by atoms with Crippen LogP contribution in [0.2, 0.25) is 0 Å². The minimum atomic E-state index is 0.720. The normalized spacial score (nSPS) is 30.1. The quantitative estimate of drug-likeness (QED) is 0.802. The summed E-state index contributed by atoms with van der Waals surface area (Å²) < 4.78 is 5.40. The Bertz CT molecular complexity index is 461. The summed E-state index contributed by atoms with van der Waals surface area (Å²) in [6, 6.07) is 2.88.